The molecule has 2 heterocycles. The average molecular weight is 426 g/mol. The van der Waals surface area contributed by atoms with Crippen LogP contribution in [0.25, 0.3) is 0 Å². The number of halogens is 1. The molecule has 152 valence electrons. The lowest BCUT2D eigenvalue weighted by Crippen LogP contribution is -2.39. The maximum Gasteiger partial charge on any atom is 0.242 e. The van der Waals surface area contributed by atoms with Crippen molar-refractivity contribution in [1.82, 2.24) is 14.2 Å². The quantitative estimate of drug-likeness (QED) is 0.684. The number of thiazole rings is 1. The van der Waals surface area contributed by atoms with Crippen molar-refractivity contribution in [3.63, 3.8) is 0 Å². The summed E-state index contributed by atoms with van der Waals surface area (Å²) < 4.78 is 39.2. The standard InChI is InChI=1S/C19H24FN3O3S2/c1-22(28(25,26)17-8-6-16(20)7-9-17)11-3-5-18(24)23-12-2-4-15(14-23)19-21-10-13-27-19/h6-10,13,15H,2-5,11-12,14H2,1H3. The van der Waals surface area contributed by atoms with E-state index in [1.54, 1.807) is 17.5 Å². The highest BCUT2D eigenvalue weighted by atomic mass is 32.2. The SMILES string of the molecule is CN(CCCC(=O)N1CCCC(c2nccs2)C1)S(=O)(=O)c1ccc(F)cc1. The van der Waals surface area contributed by atoms with Crippen LogP contribution in [0.15, 0.2) is 40.7 Å². The van der Waals surface area contributed by atoms with Crippen LogP contribution in [0.4, 0.5) is 4.39 Å². The third kappa shape index (κ3) is 4.95. The van der Waals surface area contributed by atoms with Crippen LogP contribution in [-0.4, -0.2) is 55.2 Å². The Labute approximate surface area is 169 Å². The van der Waals surface area contributed by atoms with Gasteiger partial charge in [-0.05, 0) is 43.5 Å². The lowest BCUT2D eigenvalue weighted by atomic mass is 9.98. The van der Waals surface area contributed by atoms with Crippen molar-refractivity contribution in [2.75, 3.05) is 26.7 Å². The molecule has 1 aromatic carbocycles. The van der Waals surface area contributed by atoms with E-state index in [2.05, 4.69) is 4.98 Å². The Balaban J connectivity index is 1.50. The molecule has 1 aromatic heterocycles. The smallest absolute Gasteiger partial charge is 0.242 e. The van der Waals surface area contributed by atoms with Crippen molar-refractivity contribution in [1.29, 1.82) is 0 Å². The minimum atomic E-state index is -3.68. The summed E-state index contributed by atoms with van der Waals surface area (Å²) in [7, 11) is -2.21. The summed E-state index contributed by atoms with van der Waals surface area (Å²) >= 11 is 1.62. The topological polar surface area (TPSA) is 70.6 Å². The van der Waals surface area contributed by atoms with Gasteiger partial charge in [-0.1, -0.05) is 0 Å². The molecule has 0 N–H and O–H groups in total. The number of amides is 1. The lowest BCUT2D eigenvalue weighted by Gasteiger charge is -2.32. The van der Waals surface area contributed by atoms with Gasteiger partial charge >= 0.3 is 0 Å². The van der Waals surface area contributed by atoms with Crippen molar-refractivity contribution in [3.05, 3.63) is 46.7 Å². The fourth-order valence-corrected chi connectivity index (χ4v) is 5.34. The van der Waals surface area contributed by atoms with Gasteiger partial charge < -0.3 is 4.90 Å². The fourth-order valence-electron chi connectivity index (χ4n) is 3.36. The van der Waals surface area contributed by atoms with Crippen LogP contribution in [0.2, 0.25) is 0 Å². The predicted molar refractivity (Wildman–Crippen MR) is 106 cm³/mol. The summed E-state index contributed by atoms with van der Waals surface area (Å²) in [6.07, 6.45) is 4.52. The van der Waals surface area contributed by atoms with Crippen molar-refractivity contribution in [2.45, 2.75) is 36.5 Å². The highest BCUT2D eigenvalue weighted by Gasteiger charge is 2.26. The molecule has 3 rings (SSSR count). The number of carbonyl (C=O) groups excluding carboxylic acids is 1. The zero-order valence-electron chi connectivity index (χ0n) is 15.8. The summed E-state index contributed by atoms with van der Waals surface area (Å²) in [6.45, 7) is 1.65. The third-order valence-electron chi connectivity index (χ3n) is 4.96. The maximum absolute atomic E-state index is 13.0. The van der Waals surface area contributed by atoms with Gasteiger partial charge in [0.25, 0.3) is 0 Å². The Morgan fingerprint density at radius 2 is 2.11 bits per heavy atom. The molecule has 1 amide bonds. The summed E-state index contributed by atoms with van der Waals surface area (Å²) in [4.78, 5) is 18.8. The van der Waals surface area contributed by atoms with E-state index in [9.17, 15) is 17.6 Å². The Kier molecular flexibility index (Phi) is 6.79. The van der Waals surface area contributed by atoms with Gasteiger partial charge in [0.15, 0.2) is 0 Å². The molecule has 0 bridgehead atoms. The molecule has 0 aliphatic carbocycles. The molecule has 0 saturated carbocycles. The number of aromatic nitrogens is 1. The highest BCUT2D eigenvalue weighted by molar-refractivity contribution is 7.89. The minimum Gasteiger partial charge on any atom is -0.342 e. The molecular formula is C19H24FN3O3S2. The largest absolute Gasteiger partial charge is 0.342 e. The number of benzene rings is 1. The summed E-state index contributed by atoms with van der Waals surface area (Å²) in [5.41, 5.74) is 0. The van der Waals surface area contributed by atoms with Crippen LogP contribution in [0, 0.1) is 5.82 Å². The molecule has 1 saturated heterocycles. The normalized spacial score (nSPS) is 17.8. The van der Waals surface area contributed by atoms with Gasteiger partial charge in [0.2, 0.25) is 15.9 Å². The van der Waals surface area contributed by atoms with E-state index in [0.717, 1.165) is 36.5 Å². The minimum absolute atomic E-state index is 0.0463. The second kappa shape index (κ2) is 9.11. The molecule has 1 aliphatic rings. The van der Waals surface area contributed by atoms with Gasteiger partial charge in [0.05, 0.1) is 9.90 Å². The Hall–Kier alpha value is -1.84. The first kappa shape index (κ1) is 20.9. The zero-order valence-corrected chi connectivity index (χ0v) is 17.4. The van der Waals surface area contributed by atoms with Gasteiger partial charge in [-0.3, -0.25) is 4.79 Å². The van der Waals surface area contributed by atoms with Crippen LogP contribution in [0.1, 0.15) is 36.6 Å². The van der Waals surface area contributed by atoms with Crippen molar-refractivity contribution >= 4 is 27.3 Å². The van der Waals surface area contributed by atoms with Crippen LogP contribution >= 0.6 is 11.3 Å². The molecular weight excluding hydrogens is 401 g/mol. The Morgan fingerprint density at radius 1 is 1.36 bits per heavy atom. The molecule has 6 nitrogen and oxygen atoms in total. The summed E-state index contributed by atoms with van der Waals surface area (Å²) in [5.74, 6) is -0.141. The number of hydrogen-bond donors (Lipinski definition) is 0. The monoisotopic (exact) mass is 425 g/mol. The Bertz CT molecular complexity index is 886. The molecule has 1 unspecified atom stereocenters. The second-order valence-electron chi connectivity index (χ2n) is 6.93. The maximum atomic E-state index is 13.0. The van der Waals surface area contributed by atoms with Crippen molar-refractivity contribution < 1.29 is 17.6 Å². The number of rotatable bonds is 7. The molecule has 1 atom stereocenters. The van der Waals surface area contributed by atoms with E-state index < -0.39 is 15.8 Å². The van der Waals surface area contributed by atoms with Gasteiger partial charge in [-0.25, -0.2) is 22.1 Å². The molecule has 2 aromatic rings. The van der Waals surface area contributed by atoms with Crippen LogP contribution in [0.5, 0.6) is 0 Å². The summed E-state index contributed by atoms with van der Waals surface area (Å²) in [6, 6.07) is 4.75. The van der Waals surface area contributed by atoms with E-state index in [1.165, 1.54) is 23.5 Å². The number of likely N-dealkylation sites (tertiary alicyclic amines) is 1. The second-order valence-corrected chi connectivity index (χ2v) is 9.90. The van der Waals surface area contributed by atoms with Crippen LogP contribution in [-0.2, 0) is 14.8 Å². The van der Waals surface area contributed by atoms with Gasteiger partial charge in [-0.15, -0.1) is 11.3 Å². The molecule has 0 spiro atoms. The molecule has 28 heavy (non-hydrogen) atoms. The lowest BCUT2D eigenvalue weighted by molar-refractivity contribution is -0.132. The summed E-state index contributed by atoms with van der Waals surface area (Å²) in [5, 5.41) is 3.02. The molecule has 1 fully saturated rings. The van der Waals surface area contributed by atoms with Crippen LogP contribution in [0.3, 0.4) is 0 Å². The number of nitrogens with zero attached hydrogens (tertiary/aromatic N) is 3. The first-order chi connectivity index (χ1) is 13.4. The van der Waals surface area contributed by atoms with Gasteiger partial charge in [-0.2, -0.15) is 0 Å². The zero-order chi connectivity index (χ0) is 20.1. The van der Waals surface area contributed by atoms with E-state index >= 15 is 0 Å². The number of hydrogen-bond acceptors (Lipinski definition) is 5. The van der Waals surface area contributed by atoms with Crippen molar-refractivity contribution in [3.8, 4) is 0 Å². The molecule has 0 radical (unpaired) electrons. The third-order valence-corrected chi connectivity index (χ3v) is 7.77. The van der Waals surface area contributed by atoms with E-state index in [1.807, 2.05) is 10.3 Å². The fraction of sp³-hybridized carbons (Fsp3) is 0.474. The Morgan fingerprint density at radius 3 is 2.79 bits per heavy atom. The van der Waals surface area contributed by atoms with Gasteiger partial charge in [0.1, 0.15) is 5.82 Å². The van der Waals surface area contributed by atoms with Crippen LogP contribution < -0.4 is 0 Å². The number of carbonyl (C=O) groups is 1. The van der Waals surface area contributed by atoms with Gasteiger partial charge in [0, 0.05) is 50.6 Å². The van der Waals surface area contributed by atoms with E-state index in [-0.39, 0.29) is 17.3 Å². The average Bonchev–Trinajstić information content (AvgIpc) is 3.23. The highest BCUT2D eigenvalue weighted by Crippen LogP contribution is 2.28. The predicted octanol–water partition coefficient (Wildman–Crippen LogP) is 3.09. The first-order valence-electron chi connectivity index (χ1n) is 9.27. The first-order valence-corrected chi connectivity index (χ1v) is 11.6. The molecule has 9 heteroatoms. The number of sulfonamides is 1. The molecule has 1 aliphatic heterocycles. The van der Waals surface area contributed by atoms with Crippen molar-refractivity contribution in [2.24, 2.45) is 0 Å². The number of piperidine rings is 1. The van der Waals surface area contributed by atoms with E-state index in [0.29, 0.717) is 25.3 Å². The van der Waals surface area contributed by atoms with E-state index in [4.69, 9.17) is 0 Å².